The Hall–Kier alpha value is -1.44. The van der Waals surface area contributed by atoms with Gasteiger partial charge in [0.1, 0.15) is 11.5 Å². The zero-order valence-corrected chi connectivity index (χ0v) is 22.7. The number of nitrogens with one attached hydrogen (secondary N) is 1. The van der Waals surface area contributed by atoms with E-state index in [2.05, 4.69) is 9.62 Å². The minimum absolute atomic E-state index is 0.0738. The summed E-state index contributed by atoms with van der Waals surface area (Å²) < 4.78 is 67.2. The number of fused-ring (bicyclic) bond motifs is 4. The van der Waals surface area contributed by atoms with Crippen molar-refractivity contribution in [1.82, 2.24) is 18.2 Å². The van der Waals surface area contributed by atoms with E-state index < -0.39 is 20.2 Å². The number of methoxy groups -OCH3 is 2. The Bertz CT molecular complexity index is 1130. The van der Waals surface area contributed by atoms with Gasteiger partial charge < -0.3 is 9.47 Å². The van der Waals surface area contributed by atoms with Crippen LogP contribution >= 0.6 is 0 Å². The number of nitrogens with zero attached hydrogens (tertiary/aromatic N) is 3. The van der Waals surface area contributed by atoms with Gasteiger partial charge in [0, 0.05) is 63.5 Å². The average molecular weight is 531 g/mol. The van der Waals surface area contributed by atoms with E-state index in [1.54, 1.807) is 18.5 Å². The first kappa shape index (κ1) is 26.6. The quantitative estimate of drug-likeness (QED) is 0.478. The number of piperidine rings is 2. The number of hydrogen-bond acceptors (Lipinski definition) is 7. The third-order valence-electron chi connectivity index (χ3n) is 7.64. The van der Waals surface area contributed by atoms with Crippen molar-refractivity contribution in [2.45, 2.75) is 44.2 Å². The van der Waals surface area contributed by atoms with Gasteiger partial charge in [0.15, 0.2) is 0 Å². The molecule has 0 spiro atoms. The van der Waals surface area contributed by atoms with Crippen molar-refractivity contribution in [1.29, 1.82) is 0 Å². The van der Waals surface area contributed by atoms with Gasteiger partial charge in [0.25, 0.3) is 10.2 Å². The Morgan fingerprint density at radius 2 is 1.80 bits per heavy atom. The van der Waals surface area contributed by atoms with Crippen LogP contribution in [0.5, 0.6) is 11.5 Å². The van der Waals surface area contributed by atoms with E-state index in [0.717, 1.165) is 59.3 Å². The lowest BCUT2D eigenvalue weighted by Gasteiger charge is -2.52. The summed E-state index contributed by atoms with van der Waals surface area (Å²) in [7, 11) is -0.861. The molecule has 2 fully saturated rings. The molecule has 198 valence electrons. The minimum atomic E-state index is -3.57. The highest BCUT2D eigenvalue weighted by atomic mass is 32.2. The molecule has 0 amide bonds. The molecule has 0 radical (unpaired) electrons. The first-order valence-corrected chi connectivity index (χ1v) is 15.3. The summed E-state index contributed by atoms with van der Waals surface area (Å²) in [6.07, 6.45) is 3.69. The monoisotopic (exact) mass is 530 g/mol. The van der Waals surface area contributed by atoms with Gasteiger partial charge >= 0.3 is 0 Å². The first-order chi connectivity index (χ1) is 16.6. The maximum absolute atomic E-state index is 13.4. The van der Waals surface area contributed by atoms with Gasteiger partial charge in [-0.15, -0.1) is 0 Å². The summed E-state index contributed by atoms with van der Waals surface area (Å²) in [5.74, 6) is 1.90. The predicted molar refractivity (Wildman–Crippen MR) is 134 cm³/mol. The van der Waals surface area contributed by atoms with Crippen molar-refractivity contribution >= 4 is 20.2 Å². The van der Waals surface area contributed by atoms with E-state index in [0.29, 0.717) is 18.9 Å². The normalized spacial score (nSPS) is 25.6. The van der Waals surface area contributed by atoms with Crippen LogP contribution in [0.15, 0.2) is 12.1 Å². The molecular formula is C23H38N4O6S2. The number of rotatable bonds is 9. The number of sulfonamides is 1. The molecule has 3 heterocycles. The molecule has 4 rings (SSSR count). The van der Waals surface area contributed by atoms with Gasteiger partial charge in [-0.25, -0.2) is 13.1 Å². The standard InChI is InChI=1S/C23H38N4O6S2/c1-25(2)35(30,31)24-11-6-14-34(28,29)27-12-5-7-17-16-26-13-10-18-21(32-3)8-9-22(33-4)23(18)20(26)15-19(17)27/h8-9,17,19-20,24H,5-7,10-16H2,1-4H3/t17-,19+,20-/m0/s1. The second-order valence-corrected chi connectivity index (χ2v) is 13.8. The highest BCUT2D eigenvalue weighted by Gasteiger charge is 2.46. The molecule has 10 nitrogen and oxygen atoms in total. The van der Waals surface area contributed by atoms with E-state index in [-0.39, 0.29) is 30.8 Å². The molecule has 1 N–H and O–H groups in total. The average Bonchev–Trinajstić information content (AvgIpc) is 2.84. The third-order valence-corrected chi connectivity index (χ3v) is 11.1. The van der Waals surface area contributed by atoms with Crippen LogP contribution in [0, 0.1) is 5.92 Å². The van der Waals surface area contributed by atoms with Gasteiger partial charge in [-0.2, -0.15) is 17.0 Å². The number of ether oxygens (including phenoxy) is 2. The lowest BCUT2D eigenvalue weighted by molar-refractivity contribution is 0.0207. The molecule has 35 heavy (non-hydrogen) atoms. The summed E-state index contributed by atoms with van der Waals surface area (Å²) in [5, 5.41) is 0. The molecular weight excluding hydrogens is 492 g/mol. The second-order valence-electron chi connectivity index (χ2n) is 9.79. The third kappa shape index (κ3) is 5.33. The summed E-state index contributed by atoms with van der Waals surface area (Å²) in [4.78, 5) is 2.48. The Morgan fingerprint density at radius 3 is 2.49 bits per heavy atom. The van der Waals surface area contributed by atoms with Crippen LogP contribution < -0.4 is 14.2 Å². The van der Waals surface area contributed by atoms with Gasteiger partial charge in [0.05, 0.1) is 20.0 Å². The Labute approximate surface area is 209 Å². The molecule has 3 aliphatic heterocycles. The van der Waals surface area contributed by atoms with E-state index in [1.807, 2.05) is 12.1 Å². The maximum atomic E-state index is 13.4. The van der Waals surface area contributed by atoms with Crippen LogP contribution in [0.2, 0.25) is 0 Å². The Balaban J connectivity index is 1.52. The largest absolute Gasteiger partial charge is 0.496 e. The highest BCUT2D eigenvalue weighted by molar-refractivity contribution is 7.89. The topological polar surface area (TPSA) is 108 Å². The van der Waals surface area contributed by atoms with Crippen molar-refractivity contribution in [2.75, 3.05) is 60.2 Å². The molecule has 0 aliphatic carbocycles. The molecule has 2 saturated heterocycles. The van der Waals surface area contributed by atoms with E-state index >= 15 is 0 Å². The second kappa shape index (κ2) is 10.5. The van der Waals surface area contributed by atoms with Crippen molar-refractivity contribution in [3.63, 3.8) is 0 Å². The molecule has 3 aliphatic rings. The van der Waals surface area contributed by atoms with E-state index in [1.165, 1.54) is 14.1 Å². The molecule has 0 saturated carbocycles. The first-order valence-electron chi connectivity index (χ1n) is 12.2. The molecule has 1 aromatic carbocycles. The molecule has 1 aromatic rings. The lowest BCUT2D eigenvalue weighted by atomic mass is 9.77. The van der Waals surface area contributed by atoms with Crippen LogP contribution in [-0.4, -0.2) is 96.6 Å². The van der Waals surface area contributed by atoms with E-state index in [9.17, 15) is 16.8 Å². The van der Waals surface area contributed by atoms with Gasteiger partial charge in [-0.3, -0.25) is 4.90 Å². The van der Waals surface area contributed by atoms with Crippen LogP contribution in [-0.2, 0) is 26.7 Å². The highest BCUT2D eigenvalue weighted by Crippen LogP contribution is 2.48. The minimum Gasteiger partial charge on any atom is -0.496 e. The fourth-order valence-electron chi connectivity index (χ4n) is 5.90. The van der Waals surface area contributed by atoms with Crippen molar-refractivity contribution < 1.29 is 26.3 Å². The SMILES string of the molecule is COc1ccc(OC)c2c1CCN1C[C@@H]3CCCN(S(=O)(=O)CCCNS(=O)(=O)N(C)C)[C@@H]3C[C@@H]21. The molecule has 0 bridgehead atoms. The summed E-state index contributed by atoms with van der Waals surface area (Å²) in [5.41, 5.74) is 2.28. The smallest absolute Gasteiger partial charge is 0.278 e. The van der Waals surface area contributed by atoms with Crippen LogP contribution in [0.3, 0.4) is 0 Å². The number of hydrogen-bond donors (Lipinski definition) is 1. The molecule has 0 unspecified atom stereocenters. The molecule has 12 heteroatoms. The van der Waals surface area contributed by atoms with Gasteiger partial charge in [-0.05, 0) is 50.2 Å². The number of benzene rings is 1. The molecule has 0 aromatic heterocycles. The fourth-order valence-corrected chi connectivity index (χ4v) is 8.38. The fraction of sp³-hybridized carbons (Fsp3) is 0.739. The zero-order valence-electron chi connectivity index (χ0n) is 21.1. The van der Waals surface area contributed by atoms with Crippen LogP contribution in [0.4, 0.5) is 0 Å². The van der Waals surface area contributed by atoms with Gasteiger partial charge in [-0.1, -0.05) is 0 Å². The predicted octanol–water partition coefficient (Wildman–Crippen LogP) is 1.20. The summed E-state index contributed by atoms with van der Waals surface area (Å²) in [6, 6.07) is 3.89. The zero-order chi connectivity index (χ0) is 25.4. The summed E-state index contributed by atoms with van der Waals surface area (Å²) >= 11 is 0. The molecule has 3 atom stereocenters. The lowest BCUT2D eigenvalue weighted by Crippen LogP contribution is -2.57. The van der Waals surface area contributed by atoms with Crippen molar-refractivity contribution in [2.24, 2.45) is 5.92 Å². The van der Waals surface area contributed by atoms with E-state index in [4.69, 9.17) is 9.47 Å². The summed E-state index contributed by atoms with van der Waals surface area (Å²) in [6.45, 7) is 2.39. The van der Waals surface area contributed by atoms with Crippen molar-refractivity contribution in [3.05, 3.63) is 23.3 Å². The van der Waals surface area contributed by atoms with Crippen LogP contribution in [0.25, 0.3) is 0 Å². The Morgan fingerprint density at radius 1 is 1.09 bits per heavy atom. The van der Waals surface area contributed by atoms with Crippen LogP contribution in [0.1, 0.15) is 42.9 Å². The Kier molecular flexibility index (Phi) is 7.99. The van der Waals surface area contributed by atoms with Crippen molar-refractivity contribution in [3.8, 4) is 11.5 Å². The van der Waals surface area contributed by atoms with Gasteiger partial charge in [0.2, 0.25) is 10.0 Å². The maximum Gasteiger partial charge on any atom is 0.278 e.